The Balaban J connectivity index is 4.46. The molecule has 0 heterocycles. The van der Waals surface area contributed by atoms with Gasteiger partial charge in [0.25, 0.3) is 9.04 Å². The third-order valence-corrected chi connectivity index (χ3v) is 2.99. The van der Waals surface area contributed by atoms with Crippen LogP contribution in [0.5, 0.6) is 0 Å². The van der Waals surface area contributed by atoms with Gasteiger partial charge < -0.3 is 9.16 Å². The Morgan fingerprint density at radius 2 is 1.84 bits per heavy atom. The molecule has 0 saturated carbocycles. The molecule has 0 fully saturated rings. The average molecular weight is 286 g/mol. The summed E-state index contributed by atoms with van der Waals surface area (Å²) in [4.78, 5) is 24.6. The van der Waals surface area contributed by atoms with Crippen molar-refractivity contribution in [2.75, 3.05) is 20.2 Å². The maximum atomic E-state index is 11.4. The lowest BCUT2D eigenvalue weighted by Crippen LogP contribution is -2.44. The third-order valence-electron chi connectivity index (χ3n) is 2.38. The summed E-state index contributed by atoms with van der Waals surface area (Å²) in [6.45, 7) is 10.5. The molecule has 1 radical (unpaired) electrons. The number of ether oxygens (including phenoxy) is 1. The molecule has 0 bridgehead atoms. The van der Waals surface area contributed by atoms with Crippen LogP contribution in [0.15, 0.2) is 12.2 Å². The summed E-state index contributed by atoms with van der Waals surface area (Å²) >= 11 is 0. The molecule has 0 aliphatic rings. The highest BCUT2D eigenvalue weighted by Gasteiger charge is 2.22. The van der Waals surface area contributed by atoms with Crippen LogP contribution in [0.2, 0.25) is 13.1 Å². The van der Waals surface area contributed by atoms with Crippen molar-refractivity contribution in [1.82, 2.24) is 4.90 Å². The molecule has 0 aliphatic carbocycles. The van der Waals surface area contributed by atoms with Crippen LogP contribution in [0.4, 0.5) is 0 Å². The van der Waals surface area contributed by atoms with Crippen molar-refractivity contribution in [1.29, 1.82) is 0 Å². The lowest BCUT2D eigenvalue weighted by molar-refractivity contribution is -0.143. The minimum atomic E-state index is -1.02. The fourth-order valence-electron chi connectivity index (χ4n) is 1.31. The summed E-state index contributed by atoms with van der Waals surface area (Å²) in [6, 6.07) is 0. The fraction of sp³-hybridized carbons (Fsp3) is 0.692. The first kappa shape index (κ1) is 17.9. The second-order valence-electron chi connectivity index (χ2n) is 5.36. The van der Waals surface area contributed by atoms with Gasteiger partial charge >= 0.3 is 11.9 Å². The first-order chi connectivity index (χ1) is 8.66. The normalized spacial score (nSPS) is 12.2. The fourth-order valence-corrected chi connectivity index (χ4v) is 1.78. The maximum absolute atomic E-state index is 11.4. The van der Waals surface area contributed by atoms with Gasteiger partial charge in [-0.15, -0.1) is 0 Å². The zero-order chi connectivity index (χ0) is 15.1. The number of methoxy groups -OCH3 is 1. The van der Waals surface area contributed by atoms with E-state index in [1.165, 1.54) is 13.2 Å². The SMILES string of the molecule is COC(=O)CN(CC=CC(=O)O[Si](C)C)C(C)(C)C. The van der Waals surface area contributed by atoms with E-state index in [1.807, 2.05) is 38.8 Å². The topological polar surface area (TPSA) is 55.8 Å². The van der Waals surface area contributed by atoms with E-state index in [2.05, 4.69) is 4.74 Å². The first-order valence-electron chi connectivity index (χ1n) is 6.17. The highest BCUT2D eigenvalue weighted by atomic mass is 28.3. The molecule has 0 amide bonds. The van der Waals surface area contributed by atoms with E-state index in [1.54, 1.807) is 6.08 Å². The van der Waals surface area contributed by atoms with Crippen LogP contribution in [-0.2, 0) is 18.8 Å². The molecular formula is C13H24NO4Si. The summed E-state index contributed by atoms with van der Waals surface area (Å²) < 4.78 is 9.75. The van der Waals surface area contributed by atoms with Crippen LogP contribution in [0.1, 0.15) is 20.8 Å². The summed E-state index contributed by atoms with van der Waals surface area (Å²) in [5.41, 5.74) is -0.188. The molecule has 0 aromatic carbocycles. The van der Waals surface area contributed by atoms with Crippen LogP contribution in [-0.4, -0.2) is 51.6 Å². The van der Waals surface area contributed by atoms with E-state index in [0.29, 0.717) is 6.54 Å². The van der Waals surface area contributed by atoms with Gasteiger partial charge in [0.05, 0.1) is 13.7 Å². The minimum absolute atomic E-state index is 0.188. The first-order valence-corrected chi connectivity index (χ1v) is 8.58. The molecule has 6 heteroatoms. The van der Waals surface area contributed by atoms with Gasteiger partial charge in [-0.05, 0) is 33.9 Å². The van der Waals surface area contributed by atoms with Crippen molar-refractivity contribution in [2.24, 2.45) is 0 Å². The van der Waals surface area contributed by atoms with Gasteiger partial charge in [0.2, 0.25) is 0 Å². The number of esters is 1. The number of carbonyl (C=O) groups excluding carboxylic acids is 2. The molecule has 0 atom stereocenters. The van der Waals surface area contributed by atoms with Crippen LogP contribution in [0, 0.1) is 0 Å². The maximum Gasteiger partial charge on any atom is 0.319 e. The third kappa shape index (κ3) is 8.55. The van der Waals surface area contributed by atoms with Crippen molar-refractivity contribution < 1.29 is 18.8 Å². The molecule has 0 rings (SSSR count). The van der Waals surface area contributed by atoms with Gasteiger partial charge in [-0.25, -0.2) is 4.79 Å². The van der Waals surface area contributed by atoms with Crippen molar-refractivity contribution >= 4 is 21.0 Å². The van der Waals surface area contributed by atoms with Crippen molar-refractivity contribution in [3.63, 3.8) is 0 Å². The van der Waals surface area contributed by atoms with E-state index in [-0.39, 0.29) is 24.0 Å². The Morgan fingerprint density at radius 1 is 1.26 bits per heavy atom. The number of carbonyl (C=O) groups is 2. The molecular weight excluding hydrogens is 262 g/mol. The number of hydrogen-bond donors (Lipinski definition) is 0. The predicted molar refractivity (Wildman–Crippen MR) is 76.1 cm³/mol. The molecule has 0 aromatic heterocycles. The summed E-state index contributed by atoms with van der Waals surface area (Å²) in [6.07, 6.45) is 3.12. The van der Waals surface area contributed by atoms with Crippen LogP contribution in [0.3, 0.4) is 0 Å². The predicted octanol–water partition coefficient (Wildman–Crippen LogP) is 1.61. The Kier molecular flexibility index (Phi) is 7.62. The average Bonchev–Trinajstić information content (AvgIpc) is 2.25. The summed E-state index contributed by atoms with van der Waals surface area (Å²) in [5.74, 6) is -0.621. The van der Waals surface area contributed by atoms with E-state index in [4.69, 9.17) is 4.43 Å². The zero-order valence-electron chi connectivity index (χ0n) is 12.6. The van der Waals surface area contributed by atoms with Crippen molar-refractivity contribution in [2.45, 2.75) is 39.4 Å². The summed E-state index contributed by atoms with van der Waals surface area (Å²) in [7, 11) is 0.341. The van der Waals surface area contributed by atoms with Gasteiger partial charge in [0.15, 0.2) is 0 Å². The van der Waals surface area contributed by atoms with Gasteiger partial charge in [-0.1, -0.05) is 6.08 Å². The molecule has 109 valence electrons. The Morgan fingerprint density at radius 3 is 2.26 bits per heavy atom. The number of nitrogens with zero attached hydrogens (tertiary/aromatic N) is 1. The lowest BCUT2D eigenvalue weighted by atomic mass is 10.1. The highest BCUT2D eigenvalue weighted by molar-refractivity contribution is 6.50. The smallest absolute Gasteiger partial charge is 0.319 e. The molecule has 0 aliphatic heterocycles. The molecule has 0 N–H and O–H groups in total. The molecule has 0 spiro atoms. The second-order valence-corrected chi connectivity index (χ2v) is 7.38. The monoisotopic (exact) mass is 286 g/mol. The zero-order valence-corrected chi connectivity index (χ0v) is 13.6. The minimum Gasteiger partial charge on any atom is -0.515 e. The van der Waals surface area contributed by atoms with Gasteiger partial charge in [0, 0.05) is 18.2 Å². The van der Waals surface area contributed by atoms with Crippen molar-refractivity contribution in [3.05, 3.63) is 12.2 Å². The van der Waals surface area contributed by atoms with Gasteiger partial charge in [-0.3, -0.25) is 9.69 Å². The summed E-state index contributed by atoms with van der Waals surface area (Å²) in [5, 5.41) is 0. The standard InChI is InChI=1S/C13H24NO4Si/c1-13(2,3)14(10-12(16)17-4)9-7-8-11(15)18-19(5)6/h7-8H,9-10H2,1-6H3. The lowest BCUT2D eigenvalue weighted by Gasteiger charge is -2.33. The second kappa shape index (κ2) is 8.11. The number of hydrogen-bond acceptors (Lipinski definition) is 5. The van der Waals surface area contributed by atoms with E-state index in [9.17, 15) is 9.59 Å². The van der Waals surface area contributed by atoms with E-state index >= 15 is 0 Å². The largest absolute Gasteiger partial charge is 0.515 e. The molecule has 19 heavy (non-hydrogen) atoms. The Labute approximate surface area is 117 Å². The van der Waals surface area contributed by atoms with E-state index in [0.717, 1.165) is 0 Å². The quantitative estimate of drug-likeness (QED) is 0.422. The van der Waals surface area contributed by atoms with Gasteiger partial charge in [-0.2, -0.15) is 0 Å². The molecule has 0 aromatic rings. The Bertz CT molecular complexity index is 334. The van der Waals surface area contributed by atoms with E-state index < -0.39 is 9.04 Å². The van der Waals surface area contributed by atoms with Gasteiger partial charge in [0.1, 0.15) is 0 Å². The Hall–Kier alpha value is -1.14. The molecule has 0 saturated heterocycles. The van der Waals surface area contributed by atoms with Crippen LogP contribution in [0.25, 0.3) is 0 Å². The molecule has 5 nitrogen and oxygen atoms in total. The highest BCUT2D eigenvalue weighted by Crippen LogP contribution is 2.12. The van der Waals surface area contributed by atoms with Crippen LogP contribution >= 0.6 is 0 Å². The number of rotatable bonds is 6. The molecule has 0 unspecified atom stereocenters. The van der Waals surface area contributed by atoms with Crippen molar-refractivity contribution in [3.8, 4) is 0 Å². The van der Waals surface area contributed by atoms with Crippen LogP contribution < -0.4 is 0 Å².